The largest absolute Gasteiger partial charge is 0.390 e. The number of nitrogens with one attached hydrogen (secondary N) is 2. The smallest absolute Gasteiger partial charge is 0.272 e. The van der Waals surface area contributed by atoms with Gasteiger partial charge in [0.25, 0.3) is 5.56 Å². The number of nitrogens with zero attached hydrogens (tertiary/aromatic N) is 1. The van der Waals surface area contributed by atoms with Gasteiger partial charge in [-0.25, -0.2) is 10.6 Å². The topological polar surface area (TPSA) is 67.0 Å². The van der Waals surface area contributed by atoms with Gasteiger partial charge in [0.2, 0.25) is 0 Å². The minimum absolute atomic E-state index is 0.201. The van der Waals surface area contributed by atoms with Crippen LogP contribution in [0.25, 0.3) is 16.8 Å². The molecule has 0 unspecified atom stereocenters. The Hall–Kier alpha value is -2.30. The molecule has 0 amide bonds. The molecule has 0 aliphatic carbocycles. The van der Waals surface area contributed by atoms with Gasteiger partial charge >= 0.3 is 0 Å². The molecule has 2 N–H and O–H groups in total. The molecular formula is C10H7N3O2. The maximum atomic E-state index is 11.5. The minimum Gasteiger partial charge on any atom is -0.390 e. The van der Waals surface area contributed by atoms with E-state index in [0.717, 1.165) is 11.1 Å². The van der Waals surface area contributed by atoms with Crippen molar-refractivity contribution in [2.75, 3.05) is 5.48 Å². The molecule has 2 heterocycles. The molecule has 1 aromatic heterocycles. The zero-order valence-electron chi connectivity index (χ0n) is 7.65. The fraction of sp³-hybridized carbons (Fsp3) is 0. The van der Waals surface area contributed by atoms with Crippen LogP contribution in [0.5, 0.6) is 0 Å². The van der Waals surface area contributed by atoms with E-state index in [1.165, 1.54) is 6.26 Å². The first kappa shape index (κ1) is 8.05. The third-order valence-electron chi connectivity index (χ3n) is 2.31. The van der Waals surface area contributed by atoms with Crippen LogP contribution in [0.2, 0.25) is 0 Å². The third-order valence-corrected chi connectivity index (χ3v) is 2.31. The molecule has 1 aromatic carbocycles. The molecule has 3 rings (SSSR count). The lowest BCUT2D eigenvalue weighted by Gasteiger charge is -2.05. The Morgan fingerprint density at radius 3 is 3.20 bits per heavy atom. The van der Waals surface area contributed by atoms with Crippen molar-refractivity contribution >= 4 is 22.5 Å². The van der Waals surface area contributed by atoms with Gasteiger partial charge in [0.1, 0.15) is 6.26 Å². The Balaban J connectivity index is 2.57. The molecule has 5 heteroatoms. The molecule has 1 aliphatic rings. The molecule has 0 spiro atoms. The van der Waals surface area contributed by atoms with E-state index in [4.69, 9.17) is 4.84 Å². The maximum absolute atomic E-state index is 11.5. The fourth-order valence-corrected chi connectivity index (χ4v) is 1.65. The summed E-state index contributed by atoms with van der Waals surface area (Å²) in [5.74, 6) is 0. The van der Waals surface area contributed by atoms with E-state index in [9.17, 15) is 4.79 Å². The van der Waals surface area contributed by atoms with Crippen LogP contribution >= 0.6 is 0 Å². The molecule has 0 saturated carbocycles. The van der Waals surface area contributed by atoms with Crippen LogP contribution in [0.1, 0.15) is 5.69 Å². The highest BCUT2D eigenvalue weighted by molar-refractivity contribution is 5.98. The number of benzene rings is 1. The Morgan fingerprint density at radius 2 is 2.27 bits per heavy atom. The Morgan fingerprint density at radius 1 is 1.33 bits per heavy atom. The van der Waals surface area contributed by atoms with Gasteiger partial charge in [0, 0.05) is 11.5 Å². The van der Waals surface area contributed by atoms with Crippen LogP contribution in [-0.4, -0.2) is 10.2 Å². The summed E-state index contributed by atoms with van der Waals surface area (Å²) in [5.41, 5.74) is 3.96. The molecule has 15 heavy (non-hydrogen) atoms. The first-order chi connectivity index (χ1) is 7.36. The van der Waals surface area contributed by atoms with Gasteiger partial charge in [-0.15, -0.1) is 0 Å². The van der Waals surface area contributed by atoms with Crippen molar-refractivity contribution in [3.8, 4) is 0 Å². The average Bonchev–Trinajstić information content (AvgIpc) is 2.47. The van der Waals surface area contributed by atoms with Gasteiger partial charge in [-0.3, -0.25) is 4.79 Å². The van der Waals surface area contributed by atoms with Crippen molar-refractivity contribution in [3.63, 3.8) is 0 Å². The standard InChI is InChI=1S/C10H7N3O2/c14-10-6-2-1-3-8-9(6)7(11-12-10)4-5-15-13-8/h1-5,13H,(H,12,14). The van der Waals surface area contributed by atoms with Crippen LogP contribution in [0.15, 0.2) is 29.3 Å². The van der Waals surface area contributed by atoms with Crippen molar-refractivity contribution in [1.82, 2.24) is 10.2 Å². The summed E-state index contributed by atoms with van der Waals surface area (Å²) in [6, 6.07) is 5.38. The second-order valence-corrected chi connectivity index (χ2v) is 3.19. The molecule has 2 aromatic rings. The number of aromatic amines is 1. The molecule has 0 radical (unpaired) electrons. The van der Waals surface area contributed by atoms with Gasteiger partial charge in [0.15, 0.2) is 0 Å². The normalized spacial score (nSPS) is 13.1. The highest BCUT2D eigenvalue weighted by Crippen LogP contribution is 2.25. The van der Waals surface area contributed by atoms with Gasteiger partial charge in [0.05, 0.1) is 16.8 Å². The highest BCUT2D eigenvalue weighted by atomic mass is 16.6. The van der Waals surface area contributed by atoms with Crippen LogP contribution in [0.3, 0.4) is 0 Å². The quantitative estimate of drug-likeness (QED) is 0.673. The number of hydrogen-bond acceptors (Lipinski definition) is 4. The summed E-state index contributed by atoms with van der Waals surface area (Å²) in [7, 11) is 0. The van der Waals surface area contributed by atoms with Crippen LogP contribution in [0.4, 0.5) is 5.69 Å². The molecule has 1 aliphatic heterocycles. The third kappa shape index (κ3) is 1.10. The van der Waals surface area contributed by atoms with Crippen LogP contribution in [0, 0.1) is 0 Å². The summed E-state index contributed by atoms with van der Waals surface area (Å²) in [6.07, 6.45) is 3.18. The second kappa shape index (κ2) is 2.84. The maximum Gasteiger partial charge on any atom is 0.272 e. The van der Waals surface area contributed by atoms with Gasteiger partial charge in [-0.1, -0.05) is 6.07 Å². The average molecular weight is 201 g/mol. The zero-order chi connectivity index (χ0) is 10.3. The number of H-pyrrole nitrogens is 1. The van der Waals surface area contributed by atoms with E-state index in [1.54, 1.807) is 18.2 Å². The van der Waals surface area contributed by atoms with Crippen molar-refractivity contribution in [3.05, 3.63) is 40.5 Å². The van der Waals surface area contributed by atoms with Crippen LogP contribution in [-0.2, 0) is 4.84 Å². The summed E-state index contributed by atoms with van der Waals surface area (Å²) in [4.78, 5) is 16.5. The number of anilines is 1. The van der Waals surface area contributed by atoms with E-state index in [2.05, 4.69) is 15.7 Å². The summed E-state index contributed by atoms with van der Waals surface area (Å²) >= 11 is 0. The SMILES string of the molecule is O=c1[nH]nc2c3c(cccc13)NOC=C2. The number of rotatable bonds is 0. The Labute approximate surface area is 84.3 Å². The lowest BCUT2D eigenvalue weighted by Crippen LogP contribution is -2.10. The van der Waals surface area contributed by atoms with Gasteiger partial charge in [-0.05, 0) is 12.1 Å². The van der Waals surface area contributed by atoms with E-state index < -0.39 is 0 Å². The number of aromatic nitrogens is 2. The van der Waals surface area contributed by atoms with E-state index >= 15 is 0 Å². The predicted molar refractivity (Wildman–Crippen MR) is 56.1 cm³/mol. The highest BCUT2D eigenvalue weighted by Gasteiger charge is 2.10. The summed E-state index contributed by atoms with van der Waals surface area (Å²) in [5, 5.41) is 7.77. The van der Waals surface area contributed by atoms with E-state index in [0.29, 0.717) is 11.1 Å². The monoisotopic (exact) mass is 201 g/mol. The lowest BCUT2D eigenvalue weighted by molar-refractivity contribution is 0.334. The predicted octanol–water partition coefficient (Wildman–Crippen LogP) is 1.25. The zero-order valence-corrected chi connectivity index (χ0v) is 7.65. The number of hydrogen-bond donors (Lipinski definition) is 2. The molecule has 0 fully saturated rings. The molecule has 5 nitrogen and oxygen atoms in total. The van der Waals surface area contributed by atoms with E-state index in [-0.39, 0.29) is 5.56 Å². The lowest BCUT2D eigenvalue weighted by atomic mass is 10.1. The van der Waals surface area contributed by atoms with Crippen LogP contribution < -0.4 is 11.0 Å². The molecule has 0 atom stereocenters. The molecular weight excluding hydrogens is 194 g/mol. The van der Waals surface area contributed by atoms with E-state index in [1.807, 2.05) is 6.07 Å². The van der Waals surface area contributed by atoms with Gasteiger partial charge in [-0.2, -0.15) is 5.10 Å². The Bertz CT molecular complexity index is 616. The molecule has 0 bridgehead atoms. The van der Waals surface area contributed by atoms with Crippen molar-refractivity contribution in [1.29, 1.82) is 0 Å². The minimum atomic E-state index is -0.201. The van der Waals surface area contributed by atoms with Crippen molar-refractivity contribution in [2.24, 2.45) is 0 Å². The fourth-order valence-electron chi connectivity index (χ4n) is 1.65. The molecule has 74 valence electrons. The Kier molecular flexibility index (Phi) is 1.53. The van der Waals surface area contributed by atoms with Crippen molar-refractivity contribution in [2.45, 2.75) is 0 Å². The second-order valence-electron chi connectivity index (χ2n) is 3.19. The van der Waals surface area contributed by atoms with Gasteiger partial charge < -0.3 is 4.84 Å². The van der Waals surface area contributed by atoms with Crippen molar-refractivity contribution < 1.29 is 4.84 Å². The molecule has 0 saturated heterocycles. The summed E-state index contributed by atoms with van der Waals surface area (Å²) in [6.45, 7) is 0. The summed E-state index contributed by atoms with van der Waals surface area (Å²) < 4.78 is 0. The first-order valence-electron chi connectivity index (χ1n) is 4.46. The first-order valence-corrected chi connectivity index (χ1v) is 4.46.